The minimum absolute atomic E-state index is 0.0314. The van der Waals surface area contributed by atoms with Gasteiger partial charge in [-0.1, -0.05) is 6.07 Å². The molecule has 13 nitrogen and oxygen atoms in total. The summed E-state index contributed by atoms with van der Waals surface area (Å²) in [6.45, 7) is 7.73. The van der Waals surface area contributed by atoms with Gasteiger partial charge in [0.05, 0.1) is 61.3 Å². The summed E-state index contributed by atoms with van der Waals surface area (Å²) in [5.74, 6) is 0.917. The van der Waals surface area contributed by atoms with Gasteiger partial charge in [-0.2, -0.15) is 4.98 Å². The maximum absolute atomic E-state index is 15.7. The molecule has 48 heavy (non-hydrogen) atoms. The van der Waals surface area contributed by atoms with E-state index in [1.54, 1.807) is 30.3 Å². The molecule has 4 bridgehead atoms. The number of ether oxygens (including phenoxy) is 3. The van der Waals surface area contributed by atoms with Crippen molar-refractivity contribution >= 4 is 35.1 Å². The van der Waals surface area contributed by atoms with E-state index in [1.165, 1.54) is 12.1 Å². The van der Waals surface area contributed by atoms with E-state index in [1.807, 2.05) is 24.8 Å². The number of aromatic nitrogens is 3. The first-order chi connectivity index (χ1) is 23.1. The maximum atomic E-state index is 15.7. The highest BCUT2D eigenvalue weighted by Crippen LogP contribution is 2.38. The molecule has 14 heteroatoms. The number of rotatable bonds is 5. The number of carbonyl (C=O) groups excluding carboxylic acids is 2. The molecule has 3 aromatic rings. The number of benzene rings is 1. The fourth-order valence-corrected chi connectivity index (χ4v) is 7.57. The zero-order valence-corrected chi connectivity index (χ0v) is 27.2. The van der Waals surface area contributed by atoms with E-state index in [4.69, 9.17) is 24.2 Å². The van der Waals surface area contributed by atoms with Gasteiger partial charge in [-0.25, -0.2) is 19.2 Å². The lowest BCUT2D eigenvalue weighted by molar-refractivity contribution is 0.0297. The number of nitrogens with one attached hydrogen (secondary N) is 2. The first-order valence-corrected chi connectivity index (χ1v) is 16.5. The summed E-state index contributed by atoms with van der Waals surface area (Å²) in [5, 5.41) is 5.31. The summed E-state index contributed by atoms with van der Waals surface area (Å²) in [6, 6.07) is 7.70. The van der Waals surface area contributed by atoms with Crippen LogP contribution in [-0.2, 0) is 9.47 Å². The topological polar surface area (TPSA) is 134 Å². The van der Waals surface area contributed by atoms with Gasteiger partial charge < -0.3 is 39.5 Å². The molecule has 5 aliphatic heterocycles. The van der Waals surface area contributed by atoms with Crippen molar-refractivity contribution in [3.05, 3.63) is 47.9 Å². The van der Waals surface area contributed by atoms with Crippen molar-refractivity contribution < 1.29 is 28.2 Å². The Morgan fingerprint density at radius 1 is 1.04 bits per heavy atom. The van der Waals surface area contributed by atoms with Crippen molar-refractivity contribution in [3.63, 3.8) is 0 Å². The van der Waals surface area contributed by atoms with Gasteiger partial charge in [0.1, 0.15) is 22.8 Å². The lowest BCUT2D eigenvalue weighted by Crippen LogP contribution is -2.43. The molecule has 4 fully saturated rings. The second-order valence-electron chi connectivity index (χ2n) is 14.1. The van der Waals surface area contributed by atoms with E-state index in [2.05, 4.69) is 20.5 Å². The van der Waals surface area contributed by atoms with Gasteiger partial charge in [0.15, 0.2) is 0 Å². The lowest BCUT2D eigenvalue weighted by atomic mass is 10.0. The Balaban J connectivity index is 1.03. The highest BCUT2D eigenvalue weighted by molar-refractivity contribution is 6.03. The van der Waals surface area contributed by atoms with Gasteiger partial charge in [0.2, 0.25) is 11.8 Å². The first-order valence-electron chi connectivity index (χ1n) is 16.5. The highest BCUT2D eigenvalue weighted by Gasteiger charge is 2.40. The normalized spacial score (nSPS) is 25.8. The van der Waals surface area contributed by atoms with Crippen LogP contribution in [0.1, 0.15) is 43.5 Å². The third kappa shape index (κ3) is 5.87. The van der Waals surface area contributed by atoms with E-state index in [0.717, 1.165) is 38.2 Å². The monoisotopic (exact) mass is 658 g/mol. The van der Waals surface area contributed by atoms with Gasteiger partial charge >= 0.3 is 6.03 Å². The number of amides is 3. The third-order valence-electron chi connectivity index (χ3n) is 9.70. The lowest BCUT2D eigenvalue weighted by Gasteiger charge is -2.33. The Kier molecular flexibility index (Phi) is 7.59. The van der Waals surface area contributed by atoms with Crippen LogP contribution in [0.5, 0.6) is 5.88 Å². The average molecular weight is 659 g/mol. The number of hydrogen-bond acceptors (Lipinski definition) is 10. The molecule has 4 saturated heterocycles. The Hall–Kier alpha value is -4.56. The summed E-state index contributed by atoms with van der Waals surface area (Å²) in [5.41, 5.74) is 0.518. The SMILES string of the molecule is CN1CC(C)(C)Oc2nc(N3CC4CCC(C3)O4)nc(-c3ccc(NC(=O)Nc4ccc(N5CC6COCC5C6)nc4)c(F)c3)c2C1=O. The number of pyridine rings is 1. The van der Waals surface area contributed by atoms with Crippen LogP contribution in [0.4, 0.5) is 32.3 Å². The molecule has 7 heterocycles. The molecule has 3 amide bonds. The predicted octanol–water partition coefficient (Wildman–Crippen LogP) is 4.16. The number of carbonyl (C=O) groups is 2. The number of halogens is 1. The largest absolute Gasteiger partial charge is 0.469 e. The van der Waals surface area contributed by atoms with Gasteiger partial charge in [0.25, 0.3) is 5.91 Å². The summed E-state index contributed by atoms with van der Waals surface area (Å²) < 4.78 is 33.7. The summed E-state index contributed by atoms with van der Waals surface area (Å²) in [4.78, 5) is 46.6. The fourth-order valence-electron chi connectivity index (χ4n) is 7.57. The Morgan fingerprint density at radius 3 is 2.58 bits per heavy atom. The number of anilines is 4. The van der Waals surface area contributed by atoms with Crippen LogP contribution in [0.15, 0.2) is 36.5 Å². The van der Waals surface area contributed by atoms with Gasteiger partial charge in [-0.15, -0.1) is 0 Å². The average Bonchev–Trinajstić information content (AvgIpc) is 3.52. The zero-order valence-electron chi connectivity index (χ0n) is 27.2. The van der Waals surface area contributed by atoms with Crippen molar-refractivity contribution in [1.29, 1.82) is 0 Å². The van der Waals surface area contributed by atoms with Gasteiger partial charge in [-0.05, 0) is 57.4 Å². The Morgan fingerprint density at radius 2 is 1.85 bits per heavy atom. The predicted molar refractivity (Wildman–Crippen MR) is 176 cm³/mol. The maximum Gasteiger partial charge on any atom is 0.323 e. The molecule has 1 aromatic carbocycles. The van der Waals surface area contributed by atoms with Crippen LogP contribution in [0.3, 0.4) is 0 Å². The van der Waals surface area contributed by atoms with Crippen LogP contribution < -0.4 is 25.2 Å². The van der Waals surface area contributed by atoms with Crippen LogP contribution in [0, 0.1) is 11.7 Å². The quantitative estimate of drug-likeness (QED) is 0.412. The molecule has 4 atom stereocenters. The smallest absolute Gasteiger partial charge is 0.323 e. The van der Waals surface area contributed by atoms with Gasteiger partial charge in [-0.3, -0.25) is 4.79 Å². The van der Waals surface area contributed by atoms with Crippen LogP contribution >= 0.6 is 0 Å². The van der Waals surface area contributed by atoms with Gasteiger partial charge in [0, 0.05) is 38.2 Å². The number of hydrogen-bond donors (Lipinski definition) is 2. The van der Waals surface area contributed by atoms with Crippen LogP contribution in [0.2, 0.25) is 0 Å². The van der Waals surface area contributed by atoms with Crippen LogP contribution in [-0.4, -0.2) is 102 Å². The minimum atomic E-state index is -0.715. The van der Waals surface area contributed by atoms with Crippen molar-refractivity contribution in [2.24, 2.45) is 5.92 Å². The van der Waals surface area contributed by atoms with E-state index < -0.39 is 17.4 Å². The molecular formula is C34H39FN8O5. The van der Waals surface area contributed by atoms with E-state index in [-0.39, 0.29) is 40.9 Å². The summed E-state index contributed by atoms with van der Waals surface area (Å²) >= 11 is 0. The zero-order chi connectivity index (χ0) is 33.2. The van der Waals surface area contributed by atoms with E-state index in [0.29, 0.717) is 55.4 Å². The summed E-state index contributed by atoms with van der Waals surface area (Å²) in [6.07, 6.45) is 4.80. The summed E-state index contributed by atoms with van der Waals surface area (Å²) in [7, 11) is 1.70. The number of nitrogens with zero attached hydrogens (tertiary/aromatic N) is 6. The van der Waals surface area contributed by atoms with E-state index >= 15 is 4.39 Å². The molecule has 0 saturated carbocycles. The second kappa shape index (κ2) is 11.8. The Labute approximate surface area is 277 Å². The third-order valence-corrected chi connectivity index (χ3v) is 9.70. The molecule has 252 valence electrons. The van der Waals surface area contributed by atoms with Crippen LogP contribution in [0.25, 0.3) is 11.3 Å². The van der Waals surface area contributed by atoms with Crippen molar-refractivity contribution in [2.75, 3.05) is 66.9 Å². The highest BCUT2D eigenvalue weighted by atomic mass is 19.1. The van der Waals surface area contributed by atoms with Crippen molar-refractivity contribution in [2.45, 2.75) is 57.0 Å². The molecule has 2 N–H and O–H groups in total. The standard InChI is InChI=1S/C34H39FN8O5/c1-34(2)18-41(3)31(44)28-29(39-32(40-30(28)48-34)42-14-23-6-7-24(15-42)47-23)20-4-8-26(25(35)11-20)38-33(45)37-21-5-9-27(36-12-21)43-13-19-10-22(43)17-46-16-19/h4-5,8-9,11-12,19,22-24H,6-7,10,13-18H2,1-3H3,(H2,37,38,45). The molecule has 0 radical (unpaired) electrons. The molecule has 0 aliphatic carbocycles. The van der Waals surface area contributed by atoms with Crippen molar-refractivity contribution in [3.8, 4) is 17.1 Å². The number of fused-ring (bicyclic) bond motifs is 5. The molecule has 4 unspecified atom stereocenters. The molecular weight excluding hydrogens is 619 g/mol. The number of urea groups is 1. The molecule has 0 spiro atoms. The second-order valence-corrected chi connectivity index (χ2v) is 14.1. The number of likely N-dealkylation sites (N-methyl/N-ethyl adjacent to an activating group) is 1. The Bertz CT molecular complexity index is 1740. The van der Waals surface area contributed by atoms with Crippen molar-refractivity contribution in [1.82, 2.24) is 19.9 Å². The molecule has 2 aromatic heterocycles. The number of morpholine rings is 1. The molecule has 8 rings (SSSR count). The van der Waals surface area contributed by atoms with E-state index in [9.17, 15) is 9.59 Å². The molecule has 5 aliphatic rings. The fraction of sp³-hybridized carbons (Fsp3) is 0.500. The first kappa shape index (κ1) is 30.8. The minimum Gasteiger partial charge on any atom is -0.469 e.